The van der Waals surface area contributed by atoms with Gasteiger partial charge in [-0.25, -0.2) is 0 Å². The molecule has 0 aliphatic heterocycles. The maximum absolute atomic E-state index is 11.7. The largest absolute Gasteiger partial charge is 0.395 e. The summed E-state index contributed by atoms with van der Waals surface area (Å²) in [5, 5.41) is 15.4. The van der Waals surface area contributed by atoms with E-state index in [-0.39, 0.29) is 19.1 Å². The SMILES string of the molecule is O=C(Cn1cccn1)Nc1ccc(C#CCCO)cc1. The van der Waals surface area contributed by atoms with Crippen LogP contribution in [0.5, 0.6) is 0 Å². The van der Waals surface area contributed by atoms with Crippen LogP contribution in [0.15, 0.2) is 42.7 Å². The van der Waals surface area contributed by atoms with Gasteiger partial charge in [0.25, 0.3) is 0 Å². The highest BCUT2D eigenvalue weighted by Crippen LogP contribution is 2.08. The maximum Gasteiger partial charge on any atom is 0.246 e. The van der Waals surface area contributed by atoms with E-state index in [4.69, 9.17) is 5.11 Å². The van der Waals surface area contributed by atoms with E-state index in [0.717, 1.165) is 11.3 Å². The Morgan fingerprint density at radius 2 is 2.15 bits per heavy atom. The first kappa shape index (κ1) is 13.8. The lowest BCUT2D eigenvalue weighted by Crippen LogP contribution is -2.18. The molecule has 0 aliphatic rings. The highest BCUT2D eigenvalue weighted by atomic mass is 16.2. The Kier molecular flexibility index (Phi) is 4.93. The van der Waals surface area contributed by atoms with Crippen molar-refractivity contribution in [2.75, 3.05) is 11.9 Å². The van der Waals surface area contributed by atoms with Gasteiger partial charge in [-0.15, -0.1) is 0 Å². The van der Waals surface area contributed by atoms with Crippen LogP contribution in [0.25, 0.3) is 0 Å². The summed E-state index contributed by atoms with van der Waals surface area (Å²) in [6.07, 6.45) is 3.83. The minimum absolute atomic E-state index is 0.0641. The standard InChI is InChI=1S/C15H15N3O2/c19-11-2-1-4-13-5-7-14(8-6-13)17-15(20)12-18-10-3-9-16-18/h3,5-10,19H,2,11-12H2,(H,17,20). The molecule has 5 nitrogen and oxygen atoms in total. The molecule has 1 aromatic carbocycles. The highest BCUT2D eigenvalue weighted by molar-refractivity contribution is 5.90. The zero-order valence-electron chi connectivity index (χ0n) is 10.9. The van der Waals surface area contributed by atoms with Crippen LogP contribution in [0.2, 0.25) is 0 Å². The molecule has 0 bridgehead atoms. The number of aliphatic hydroxyl groups excluding tert-OH is 1. The fourth-order valence-electron chi connectivity index (χ4n) is 1.60. The molecule has 0 saturated carbocycles. The van der Waals surface area contributed by atoms with Gasteiger partial charge in [0, 0.05) is 30.1 Å². The average molecular weight is 269 g/mol. The Morgan fingerprint density at radius 1 is 1.35 bits per heavy atom. The minimum Gasteiger partial charge on any atom is -0.395 e. The van der Waals surface area contributed by atoms with E-state index < -0.39 is 0 Å². The lowest BCUT2D eigenvalue weighted by Gasteiger charge is -2.05. The van der Waals surface area contributed by atoms with Crippen LogP contribution in [0.4, 0.5) is 5.69 Å². The van der Waals surface area contributed by atoms with Crippen molar-refractivity contribution >= 4 is 11.6 Å². The van der Waals surface area contributed by atoms with Gasteiger partial charge in [0.05, 0.1) is 6.61 Å². The number of carbonyl (C=O) groups excluding carboxylic acids is 1. The van der Waals surface area contributed by atoms with Gasteiger partial charge in [-0.1, -0.05) is 11.8 Å². The minimum atomic E-state index is -0.132. The fraction of sp³-hybridized carbons (Fsp3) is 0.200. The van der Waals surface area contributed by atoms with Crippen LogP contribution < -0.4 is 5.32 Å². The molecule has 1 heterocycles. The number of hydrogen-bond acceptors (Lipinski definition) is 3. The molecular formula is C15H15N3O2. The van der Waals surface area contributed by atoms with Crippen molar-refractivity contribution in [3.63, 3.8) is 0 Å². The average Bonchev–Trinajstić information content (AvgIpc) is 2.94. The number of rotatable bonds is 4. The molecule has 1 amide bonds. The molecule has 0 saturated heterocycles. The molecular weight excluding hydrogens is 254 g/mol. The number of nitrogens with one attached hydrogen (secondary N) is 1. The molecule has 0 atom stereocenters. The number of nitrogens with zero attached hydrogens (tertiary/aromatic N) is 2. The first-order valence-corrected chi connectivity index (χ1v) is 6.25. The van der Waals surface area contributed by atoms with Crippen molar-refractivity contribution in [1.82, 2.24) is 9.78 Å². The molecule has 0 aliphatic carbocycles. The second kappa shape index (κ2) is 7.12. The molecule has 2 N–H and O–H groups in total. The third-order valence-corrected chi connectivity index (χ3v) is 2.50. The molecule has 0 fully saturated rings. The van der Waals surface area contributed by atoms with Crippen LogP contribution in [0, 0.1) is 11.8 Å². The predicted octanol–water partition coefficient (Wildman–Crippen LogP) is 1.26. The monoisotopic (exact) mass is 269 g/mol. The summed E-state index contributed by atoms with van der Waals surface area (Å²) in [4.78, 5) is 11.7. The number of aliphatic hydroxyl groups is 1. The Labute approximate surface area is 117 Å². The van der Waals surface area contributed by atoms with Gasteiger partial charge < -0.3 is 10.4 Å². The smallest absolute Gasteiger partial charge is 0.246 e. The molecule has 1 aromatic heterocycles. The normalized spacial score (nSPS) is 9.65. The lowest BCUT2D eigenvalue weighted by molar-refractivity contribution is -0.116. The van der Waals surface area contributed by atoms with Crippen molar-refractivity contribution in [1.29, 1.82) is 0 Å². The molecule has 2 rings (SSSR count). The molecule has 20 heavy (non-hydrogen) atoms. The van der Waals surface area contributed by atoms with Crippen molar-refractivity contribution in [2.24, 2.45) is 0 Å². The summed E-state index contributed by atoms with van der Waals surface area (Å²) in [5.41, 5.74) is 1.57. The Morgan fingerprint density at radius 3 is 2.80 bits per heavy atom. The van der Waals surface area contributed by atoms with Crippen molar-refractivity contribution in [3.05, 3.63) is 48.3 Å². The lowest BCUT2D eigenvalue weighted by atomic mass is 10.2. The van der Waals surface area contributed by atoms with Crippen LogP contribution in [-0.4, -0.2) is 27.4 Å². The maximum atomic E-state index is 11.7. The summed E-state index contributed by atoms with van der Waals surface area (Å²) < 4.78 is 1.56. The Hall–Kier alpha value is -2.58. The van der Waals surface area contributed by atoms with Gasteiger partial charge in [0.15, 0.2) is 0 Å². The molecule has 102 valence electrons. The summed E-state index contributed by atoms with van der Waals surface area (Å²) >= 11 is 0. The van der Waals surface area contributed by atoms with E-state index in [0.29, 0.717) is 6.42 Å². The van der Waals surface area contributed by atoms with E-state index in [1.54, 1.807) is 35.3 Å². The molecule has 5 heteroatoms. The fourth-order valence-corrected chi connectivity index (χ4v) is 1.60. The number of amides is 1. The quantitative estimate of drug-likeness (QED) is 0.821. The summed E-state index contributed by atoms with van der Waals surface area (Å²) in [6.45, 7) is 0.250. The van der Waals surface area contributed by atoms with E-state index in [9.17, 15) is 4.79 Å². The van der Waals surface area contributed by atoms with Crippen molar-refractivity contribution in [3.8, 4) is 11.8 Å². The van der Waals surface area contributed by atoms with E-state index in [2.05, 4.69) is 22.3 Å². The van der Waals surface area contributed by atoms with Crippen LogP contribution >= 0.6 is 0 Å². The molecule has 2 aromatic rings. The molecule has 0 unspecified atom stereocenters. The first-order valence-electron chi connectivity index (χ1n) is 6.25. The van der Waals surface area contributed by atoms with Gasteiger partial charge >= 0.3 is 0 Å². The van der Waals surface area contributed by atoms with Crippen LogP contribution in [0.1, 0.15) is 12.0 Å². The van der Waals surface area contributed by atoms with Gasteiger partial charge in [-0.05, 0) is 30.3 Å². The Balaban J connectivity index is 1.90. The van der Waals surface area contributed by atoms with Gasteiger partial charge in [0.1, 0.15) is 6.54 Å². The Bertz CT molecular complexity index is 607. The van der Waals surface area contributed by atoms with Gasteiger partial charge in [0.2, 0.25) is 5.91 Å². The summed E-state index contributed by atoms with van der Waals surface area (Å²) in [6, 6.07) is 9.02. The zero-order chi connectivity index (χ0) is 14.2. The van der Waals surface area contributed by atoms with Gasteiger partial charge in [-0.2, -0.15) is 5.10 Å². The van der Waals surface area contributed by atoms with Crippen molar-refractivity contribution in [2.45, 2.75) is 13.0 Å². The van der Waals surface area contributed by atoms with E-state index in [1.165, 1.54) is 0 Å². The second-order valence-corrected chi connectivity index (χ2v) is 4.10. The number of benzene rings is 1. The molecule has 0 spiro atoms. The van der Waals surface area contributed by atoms with Crippen LogP contribution in [-0.2, 0) is 11.3 Å². The number of anilines is 1. The van der Waals surface area contributed by atoms with Crippen molar-refractivity contribution < 1.29 is 9.90 Å². The molecule has 0 radical (unpaired) electrons. The number of carbonyl (C=O) groups is 1. The van der Waals surface area contributed by atoms with E-state index >= 15 is 0 Å². The number of aromatic nitrogens is 2. The van der Waals surface area contributed by atoms with Crippen LogP contribution in [0.3, 0.4) is 0 Å². The summed E-state index contributed by atoms with van der Waals surface area (Å²) in [5.74, 6) is 5.64. The van der Waals surface area contributed by atoms with Gasteiger partial charge in [-0.3, -0.25) is 9.48 Å². The topological polar surface area (TPSA) is 67.2 Å². The van der Waals surface area contributed by atoms with E-state index in [1.807, 2.05) is 12.1 Å². The second-order valence-electron chi connectivity index (χ2n) is 4.10. The third kappa shape index (κ3) is 4.26. The predicted molar refractivity (Wildman–Crippen MR) is 75.9 cm³/mol. The third-order valence-electron chi connectivity index (χ3n) is 2.50. The number of hydrogen-bond donors (Lipinski definition) is 2. The highest BCUT2D eigenvalue weighted by Gasteiger charge is 2.03. The zero-order valence-corrected chi connectivity index (χ0v) is 10.9. The summed E-state index contributed by atoms with van der Waals surface area (Å²) in [7, 11) is 0. The first-order chi connectivity index (χ1) is 9.78.